The Balaban J connectivity index is 2.49. The van der Waals surface area contributed by atoms with Gasteiger partial charge in [0.25, 0.3) is 5.91 Å². The summed E-state index contributed by atoms with van der Waals surface area (Å²) < 4.78 is 5.48. The summed E-state index contributed by atoms with van der Waals surface area (Å²) in [6, 6.07) is 5.65. The van der Waals surface area contributed by atoms with E-state index in [0.717, 1.165) is 18.4 Å². The summed E-state index contributed by atoms with van der Waals surface area (Å²) in [5.41, 5.74) is 7.28. The molecule has 4 heteroatoms. The Hall–Kier alpha value is -1.71. The van der Waals surface area contributed by atoms with Crippen LogP contribution in [0.25, 0.3) is 0 Å². The van der Waals surface area contributed by atoms with Gasteiger partial charge in [-0.05, 0) is 31.4 Å². The van der Waals surface area contributed by atoms with E-state index in [0.29, 0.717) is 11.4 Å². The van der Waals surface area contributed by atoms with Gasteiger partial charge in [0.2, 0.25) is 0 Å². The molecule has 0 atom stereocenters. The van der Waals surface area contributed by atoms with E-state index in [9.17, 15) is 4.79 Å². The number of anilines is 1. The highest BCUT2D eigenvalue weighted by molar-refractivity contribution is 5.77. The second-order valence-corrected chi connectivity index (χ2v) is 4.39. The van der Waals surface area contributed by atoms with Crippen molar-refractivity contribution >= 4 is 11.6 Å². The van der Waals surface area contributed by atoms with E-state index >= 15 is 0 Å². The number of rotatable bonds is 6. The fourth-order valence-electron chi connectivity index (χ4n) is 1.68. The van der Waals surface area contributed by atoms with Crippen molar-refractivity contribution in [3.05, 3.63) is 23.8 Å². The average Bonchev–Trinajstić information content (AvgIpc) is 2.37. The van der Waals surface area contributed by atoms with Crippen molar-refractivity contribution in [1.82, 2.24) is 5.32 Å². The summed E-state index contributed by atoms with van der Waals surface area (Å²) in [5.74, 6) is 0.570. The number of carbonyl (C=O) groups is 1. The number of hydrogen-bond acceptors (Lipinski definition) is 3. The SMILES string of the molecule is CCC(CC)NC(=O)COc1cc(N)ccc1C. The number of nitrogens with one attached hydrogen (secondary N) is 1. The molecule has 0 bridgehead atoms. The molecule has 0 saturated heterocycles. The number of nitrogens with two attached hydrogens (primary N) is 1. The van der Waals surface area contributed by atoms with Crippen LogP contribution in [0.4, 0.5) is 5.69 Å². The molecule has 0 aliphatic rings. The van der Waals surface area contributed by atoms with Crippen molar-refractivity contribution in [2.75, 3.05) is 12.3 Å². The molecule has 4 nitrogen and oxygen atoms in total. The number of nitrogen functional groups attached to an aromatic ring is 1. The molecular weight excluding hydrogens is 228 g/mol. The molecule has 1 rings (SSSR count). The maximum atomic E-state index is 11.7. The predicted octanol–water partition coefficient (Wildman–Crippen LogP) is 2.26. The first-order valence-corrected chi connectivity index (χ1v) is 6.35. The van der Waals surface area contributed by atoms with Crippen LogP contribution < -0.4 is 15.8 Å². The summed E-state index contributed by atoms with van der Waals surface area (Å²) >= 11 is 0. The Labute approximate surface area is 109 Å². The van der Waals surface area contributed by atoms with Crippen molar-refractivity contribution in [3.8, 4) is 5.75 Å². The largest absolute Gasteiger partial charge is 0.483 e. The zero-order valence-corrected chi connectivity index (χ0v) is 11.3. The molecule has 0 heterocycles. The van der Waals surface area contributed by atoms with Crippen LogP contribution in [-0.2, 0) is 4.79 Å². The summed E-state index contributed by atoms with van der Waals surface area (Å²) in [5, 5.41) is 2.93. The fraction of sp³-hybridized carbons (Fsp3) is 0.500. The lowest BCUT2D eigenvalue weighted by Crippen LogP contribution is -2.37. The van der Waals surface area contributed by atoms with Crippen LogP contribution in [0, 0.1) is 6.92 Å². The zero-order chi connectivity index (χ0) is 13.5. The molecule has 100 valence electrons. The molecular formula is C14H22N2O2. The molecule has 0 aliphatic carbocycles. The highest BCUT2D eigenvalue weighted by Gasteiger charge is 2.09. The van der Waals surface area contributed by atoms with Crippen molar-refractivity contribution in [2.45, 2.75) is 39.7 Å². The Morgan fingerprint density at radius 2 is 2.06 bits per heavy atom. The molecule has 0 radical (unpaired) electrons. The highest BCUT2D eigenvalue weighted by Crippen LogP contribution is 2.20. The van der Waals surface area contributed by atoms with Crippen LogP contribution in [0.2, 0.25) is 0 Å². The van der Waals surface area contributed by atoms with Crippen LogP contribution in [0.1, 0.15) is 32.3 Å². The van der Waals surface area contributed by atoms with Crippen molar-refractivity contribution in [3.63, 3.8) is 0 Å². The summed E-state index contributed by atoms with van der Waals surface area (Å²) in [6.07, 6.45) is 1.86. The van der Waals surface area contributed by atoms with E-state index in [4.69, 9.17) is 10.5 Å². The van der Waals surface area contributed by atoms with Gasteiger partial charge in [-0.25, -0.2) is 0 Å². The maximum Gasteiger partial charge on any atom is 0.258 e. The number of amides is 1. The first-order valence-electron chi connectivity index (χ1n) is 6.35. The lowest BCUT2D eigenvalue weighted by atomic mass is 10.2. The van der Waals surface area contributed by atoms with Crippen LogP contribution in [-0.4, -0.2) is 18.6 Å². The van der Waals surface area contributed by atoms with E-state index < -0.39 is 0 Å². The second-order valence-electron chi connectivity index (χ2n) is 4.39. The Bertz CT molecular complexity index is 401. The lowest BCUT2D eigenvalue weighted by molar-refractivity contribution is -0.123. The smallest absolute Gasteiger partial charge is 0.258 e. The summed E-state index contributed by atoms with van der Waals surface area (Å²) in [4.78, 5) is 11.7. The van der Waals surface area contributed by atoms with E-state index in [1.54, 1.807) is 6.07 Å². The highest BCUT2D eigenvalue weighted by atomic mass is 16.5. The monoisotopic (exact) mass is 250 g/mol. The fourth-order valence-corrected chi connectivity index (χ4v) is 1.68. The average molecular weight is 250 g/mol. The Kier molecular flexibility index (Phi) is 5.49. The predicted molar refractivity (Wildman–Crippen MR) is 73.6 cm³/mol. The second kappa shape index (κ2) is 6.89. The van der Waals surface area contributed by atoms with E-state index in [-0.39, 0.29) is 18.6 Å². The normalized spacial score (nSPS) is 10.4. The Morgan fingerprint density at radius 3 is 2.67 bits per heavy atom. The first-order chi connectivity index (χ1) is 8.56. The molecule has 0 aromatic heterocycles. The first kappa shape index (κ1) is 14.4. The minimum Gasteiger partial charge on any atom is -0.483 e. The molecule has 3 N–H and O–H groups in total. The maximum absolute atomic E-state index is 11.7. The van der Waals surface area contributed by atoms with Gasteiger partial charge in [-0.1, -0.05) is 19.9 Å². The van der Waals surface area contributed by atoms with Crippen molar-refractivity contribution in [1.29, 1.82) is 0 Å². The van der Waals surface area contributed by atoms with Crippen molar-refractivity contribution in [2.24, 2.45) is 0 Å². The standard InChI is InChI=1S/C14H22N2O2/c1-4-12(5-2)16-14(17)9-18-13-8-11(15)7-6-10(13)3/h6-8,12H,4-5,9,15H2,1-3H3,(H,16,17). The summed E-state index contributed by atoms with van der Waals surface area (Å²) in [7, 11) is 0. The quantitative estimate of drug-likeness (QED) is 0.761. The number of hydrogen-bond donors (Lipinski definition) is 2. The summed E-state index contributed by atoms with van der Waals surface area (Å²) in [6.45, 7) is 6.06. The third kappa shape index (κ3) is 4.28. The van der Waals surface area contributed by atoms with E-state index in [1.165, 1.54) is 0 Å². The zero-order valence-electron chi connectivity index (χ0n) is 11.3. The van der Waals surface area contributed by atoms with Gasteiger partial charge >= 0.3 is 0 Å². The molecule has 1 amide bonds. The van der Waals surface area contributed by atoms with Crippen LogP contribution in [0.3, 0.4) is 0 Å². The molecule has 1 aromatic rings. The molecule has 18 heavy (non-hydrogen) atoms. The molecule has 1 aromatic carbocycles. The van der Waals surface area contributed by atoms with Crippen LogP contribution >= 0.6 is 0 Å². The molecule has 0 unspecified atom stereocenters. The van der Waals surface area contributed by atoms with Gasteiger partial charge < -0.3 is 15.8 Å². The van der Waals surface area contributed by atoms with Gasteiger partial charge in [-0.15, -0.1) is 0 Å². The third-order valence-electron chi connectivity index (χ3n) is 2.92. The van der Waals surface area contributed by atoms with E-state index in [1.807, 2.05) is 19.1 Å². The lowest BCUT2D eigenvalue weighted by Gasteiger charge is -2.15. The number of benzene rings is 1. The van der Waals surface area contributed by atoms with Gasteiger partial charge in [-0.2, -0.15) is 0 Å². The van der Waals surface area contributed by atoms with Gasteiger partial charge in [0.05, 0.1) is 0 Å². The van der Waals surface area contributed by atoms with Gasteiger partial charge in [0.15, 0.2) is 6.61 Å². The third-order valence-corrected chi connectivity index (χ3v) is 2.92. The number of carbonyl (C=O) groups excluding carboxylic acids is 1. The van der Waals surface area contributed by atoms with E-state index in [2.05, 4.69) is 19.2 Å². The van der Waals surface area contributed by atoms with Crippen molar-refractivity contribution < 1.29 is 9.53 Å². The molecule has 0 spiro atoms. The van der Waals surface area contributed by atoms with Crippen LogP contribution in [0.15, 0.2) is 18.2 Å². The topological polar surface area (TPSA) is 64.3 Å². The molecule has 0 saturated carbocycles. The van der Waals surface area contributed by atoms with Gasteiger partial charge in [0.1, 0.15) is 5.75 Å². The minimum atomic E-state index is -0.0921. The number of ether oxygens (including phenoxy) is 1. The minimum absolute atomic E-state index is 0.0286. The van der Waals surface area contributed by atoms with Gasteiger partial charge in [-0.3, -0.25) is 4.79 Å². The molecule has 0 fully saturated rings. The van der Waals surface area contributed by atoms with Crippen LogP contribution in [0.5, 0.6) is 5.75 Å². The number of aryl methyl sites for hydroxylation is 1. The Morgan fingerprint density at radius 1 is 1.39 bits per heavy atom. The molecule has 0 aliphatic heterocycles. The van der Waals surface area contributed by atoms with Gasteiger partial charge in [0, 0.05) is 17.8 Å².